The number of carbonyl (C=O) groups is 1. The van der Waals surface area contributed by atoms with Crippen LogP contribution < -0.4 is 11.1 Å². The Kier molecular flexibility index (Phi) is 3.83. The van der Waals surface area contributed by atoms with E-state index in [2.05, 4.69) is 15.5 Å². The number of nitrogen functional groups attached to an aromatic ring is 1. The number of benzene rings is 1. The molecular weight excluding hydrogens is 265 g/mol. The van der Waals surface area contributed by atoms with E-state index in [1.807, 2.05) is 11.5 Å². The molecule has 7 nitrogen and oxygen atoms in total. The minimum absolute atomic E-state index is 0.159. The maximum absolute atomic E-state index is 13.6. The monoisotopic (exact) mass is 279 g/mol. The van der Waals surface area contributed by atoms with Crippen molar-refractivity contribution >= 4 is 17.3 Å². The average molecular weight is 279 g/mol. The van der Waals surface area contributed by atoms with Crippen molar-refractivity contribution in [3.05, 3.63) is 35.7 Å². The fourth-order valence-corrected chi connectivity index (χ4v) is 1.76. The summed E-state index contributed by atoms with van der Waals surface area (Å²) in [6.45, 7) is 2.97. The normalized spacial score (nSPS) is 10.5. The van der Waals surface area contributed by atoms with E-state index < -0.39 is 17.3 Å². The molecular formula is C12H14FN5O2. The minimum Gasteiger partial charge on any atom is -0.478 e. The molecule has 0 bridgehead atoms. The first-order valence-electron chi connectivity index (χ1n) is 5.95. The maximum atomic E-state index is 13.6. The topological polar surface area (TPSA) is 106 Å². The molecule has 2 aromatic rings. The average Bonchev–Trinajstić information content (AvgIpc) is 2.86. The Morgan fingerprint density at radius 1 is 1.55 bits per heavy atom. The van der Waals surface area contributed by atoms with Crippen molar-refractivity contribution in [1.29, 1.82) is 0 Å². The van der Waals surface area contributed by atoms with Gasteiger partial charge in [-0.3, -0.25) is 0 Å². The molecule has 0 aliphatic rings. The molecule has 1 aromatic heterocycles. The predicted molar refractivity (Wildman–Crippen MR) is 70.8 cm³/mol. The first-order valence-corrected chi connectivity index (χ1v) is 5.95. The van der Waals surface area contributed by atoms with Gasteiger partial charge in [0, 0.05) is 6.54 Å². The van der Waals surface area contributed by atoms with Crippen molar-refractivity contribution in [2.45, 2.75) is 20.0 Å². The largest absolute Gasteiger partial charge is 0.478 e. The van der Waals surface area contributed by atoms with E-state index in [1.54, 1.807) is 6.33 Å². The van der Waals surface area contributed by atoms with Gasteiger partial charge in [-0.25, -0.2) is 9.18 Å². The van der Waals surface area contributed by atoms with Gasteiger partial charge in [-0.2, -0.15) is 0 Å². The van der Waals surface area contributed by atoms with Gasteiger partial charge in [0.15, 0.2) is 5.82 Å². The van der Waals surface area contributed by atoms with E-state index in [1.165, 1.54) is 0 Å². The van der Waals surface area contributed by atoms with Gasteiger partial charge in [-0.05, 0) is 19.1 Å². The third-order valence-electron chi connectivity index (χ3n) is 2.84. The van der Waals surface area contributed by atoms with Crippen LogP contribution in [-0.2, 0) is 13.1 Å². The van der Waals surface area contributed by atoms with Crippen LogP contribution >= 0.6 is 0 Å². The molecule has 0 saturated heterocycles. The standard InChI is InChI=1S/C12H14FN5O2/c1-2-18-6-16-17-11(18)5-15-10-4-8(13)7(12(19)20)3-9(10)14/h3-4,6,15H,2,5,14H2,1H3,(H,19,20). The highest BCUT2D eigenvalue weighted by Crippen LogP contribution is 2.23. The van der Waals surface area contributed by atoms with E-state index >= 15 is 0 Å². The number of carboxylic acid groups (broad SMARTS) is 1. The Morgan fingerprint density at radius 2 is 2.30 bits per heavy atom. The molecule has 2 rings (SSSR count). The predicted octanol–water partition coefficient (Wildman–Crippen LogP) is 1.33. The molecule has 0 radical (unpaired) electrons. The summed E-state index contributed by atoms with van der Waals surface area (Å²) in [5.74, 6) is -1.52. The quantitative estimate of drug-likeness (QED) is 0.713. The molecule has 0 aliphatic heterocycles. The number of nitrogens with two attached hydrogens (primary N) is 1. The number of aromatic nitrogens is 3. The van der Waals surface area contributed by atoms with Crippen LogP contribution in [0.15, 0.2) is 18.5 Å². The molecule has 0 saturated carbocycles. The first kappa shape index (κ1) is 13.8. The summed E-state index contributed by atoms with van der Waals surface area (Å²) < 4.78 is 15.4. The highest BCUT2D eigenvalue weighted by atomic mass is 19.1. The second kappa shape index (κ2) is 5.55. The molecule has 0 atom stereocenters. The number of nitrogens with zero attached hydrogens (tertiary/aromatic N) is 3. The van der Waals surface area contributed by atoms with Gasteiger partial charge in [-0.1, -0.05) is 0 Å². The summed E-state index contributed by atoms with van der Waals surface area (Å²) >= 11 is 0. The zero-order chi connectivity index (χ0) is 14.7. The molecule has 8 heteroatoms. The Balaban J connectivity index is 2.18. The number of aromatic carboxylic acids is 1. The SMILES string of the molecule is CCn1cnnc1CNc1cc(F)c(C(=O)O)cc1N. The fourth-order valence-electron chi connectivity index (χ4n) is 1.76. The van der Waals surface area contributed by atoms with Crippen molar-refractivity contribution in [3.8, 4) is 0 Å². The Bertz CT molecular complexity index is 641. The minimum atomic E-state index is -1.36. The van der Waals surface area contributed by atoms with Gasteiger partial charge in [0.1, 0.15) is 12.1 Å². The molecule has 0 spiro atoms. The van der Waals surface area contributed by atoms with Gasteiger partial charge >= 0.3 is 5.97 Å². The molecule has 0 aliphatic carbocycles. The van der Waals surface area contributed by atoms with Crippen molar-refractivity contribution < 1.29 is 14.3 Å². The molecule has 0 unspecified atom stereocenters. The van der Waals surface area contributed by atoms with Crippen molar-refractivity contribution in [3.63, 3.8) is 0 Å². The Hall–Kier alpha value is -2.64. The molecule has 4 N–H and O–H groups in total. The lowest BCUT2D eigenvalue weighted by Crippen LogP contribution is -2.10. The summed E-state index contributed by atoms with van der Waals surface area (Å²) in [5.41, 5.74) is 5.73. The van der Waals surface area contributed by atoms with Gasteiger partial charge in [0.25, 0.3) is 0 Å². The van der Waals surface area contributed by atoms with Crippen molar-refractivity contribution in [2.75, 3.05) is 11.1 Å². The summed E-state index contributed by atoms with van der Waals surface area (Å²) in [5, 5.41) is 19.4. The third-order valence-corrected chi connectivity index (χ3v) is 2.84. The Morgan fingerprint density at radius 3 is 2.95 bits per heavy atom. The van der Waals surface area contributed by atoms with Gasteiger partial charge in [-0.15, -0.1) is 10.2 Å². The van der Waals surface area contributed by atoms with Gasteiger partial charge < -0.3 is 20.7 Å². The summed E-state index contributed by atoms with van der Waals surface area (Å²) in [7, 11) is 0. The number of halogens is 1. The second-order valence-electron chi connectivity index (χ2n) is 4.11. The fraction of sp³-hybridized carbons (Fsp3) is 0.250. The van der Waals surface area contributed by atoms with E-state index in [0.29, 0.717) is 24.6 Å². The van der Waals surface area contributed by atoms with Crippen LogP contribution in [0.1, 0.15) is 23.1 Å². The van der Waals surface area contributed by atoms with Crippen LogP contribution in [0.2, 0.25) is 0 Å². The first-order chi connectivity index (χ1) is 9.52. The molecule has 0 amide bonds. The third kappa shape index (κ3) is 2.68. The summed E-state index contributed by atoms with van der Waals surface area (Å²) in [6.07, 6.45) is 1.59. The van der Waals surface area contributed by atoms with Crippen LogP contribution in [0.3, 0.4) is 0 Å². The summed E-state index contributed by atoms with van der Waals surface area (Å²) in [4.78, 5) is 10.8. The highest BCUT2D eigenvalue weighted by molar-refractivity contribution is 5.90. The van der Waals surface area contributed by atoms with Crippen molar-refractivity contribution in [1.82, 2.24) is 14.8 Å². The van der Waals surface area contributed by atoms with Gasteiger partial charge in [0.05, 0.1) is 23.5 Å². The van der Waals surface area contributed by atoms with E-state index in [4.69, 9.17) is 10.8 Å². The summed E-state index contributed by atoms with van der Waals surface area (Å²) in [6, 6.07) is 2.15. The number of hydrogen-bond acceptors (Lipinski definition) is 5. The zero-order valence-electron chi connectivity index (χ0n) is 10.8. The number of nitrogens with one attached hydrogen (secondary N) is 1. The van der Waals surface area contributed by atoms with Crippen LogP contribution in [0.4, 0.5) is 15.8 Å². The number of carboxylic acids is 1. The maximum Gasteiger partial charge on any atom is 0.338 e. The second-order valence-corrected chi connectivity index (χ2v) is 4.11. The number of rotatable bonds is 5. The zero-order valence-corrected chi connectivity index (χ0v) is 10.8. The Labute approximate surface area is 114 Å². The molecule has 20 heavy (non-hydrogen) atoms. The van der Waals surface area contributed by atoms with Gasteiger partial charge in [0.2, 0.25) is 0 Å². The van der Waals surface area contributed by atoms with Crippen LogP contribution in [0.25, 0.3) is 0 Å². The smallest absolute Gasteiger partial charge is 0.338 e. The van der Waals surface area contributed by atoms with Crippen LogP contribution in [-0.4, -0.2) is 25.8 Å². The number of anilines is 2. The molecule has 1 heterocycles. The van der Waals surface area contributed by atoms with E-state index in [0.717, 1.165) is 12.1 Å². The highest BCUT2D eigenvalue weighted by Gasteiger charge is 2.14. The van der Waals surface area contributed by atoms with Crippen LogP contribution in [0, 0.1) is 5.82 Å². The van der Waals surface area contributed by atoms with Crippen molar-refractivity contribution in [2.24, 2.45) is 0 Å². The molecule has 0 fully saturated rings. The van der Waals surface area contributed by atoms with Crippen LogP contribution in [0.5, 0.6) is 0 Å². The number of aryl methyl sites for hydroxylation is 1. The van der Waals surface area contributed by atoms with E-state index in [-0.39, 0.29) is 5.69 Å². The lowest BCUT2D eigenvalue weighted by atomic mass is 10.1. The molecule has 106 valence electrons. The molecule has 1 aromatic carbocycles. The lowest BCUT2D eigenvalue weighted by molar-refractivity contribution is 0.0692. The van der Waals surface area contributed by atoms with E-state index in [9.17, 15) is 9.18 Å². The lowest BCUT2D eigenvalue weighted by Gasteiger charge is -2.11. The number of hydrogen-bond donors (Lipinski definition) is 3.